The molecule has 0 aromatic heterocycles. The summed E-state index contributed by atoms with van der Waals surface area (Å²) in [6.45, 7) is 1.49. The van der Waals surface area contributed by atoms with E-state index in [1.54, 1.807) is 0 Å². The van der Waals surface area contributed by atoms with E-state index in [9.17, 15) is 13.6 Å². The molecule has 0 radical (unpaired) electrons. The molecule has 6 heteroatoms. The zero-order valence-electron chi connectivity index (χ0n) is 9.50. The highest BCUT2D eigenvalue weighted by Crippen LogP contribution is 2.25. The predicted octanol–water partition coefficient (Wildman–Crippen LogP) is 2.12. The monoisotopic (exact) mass is 265 g/mol. The first-order chi connectivity index (χ1) is 7.36. The lowest BCUT2D eigenvalue weighted by molar-refractivity contribution is -0.142. The second-order valence-electron chi connectivity index (χ2n) is 3.79. The van der Waals surface area contributed by atoms with E-state index in [-0.39, 0.29) is 24.4 Å². The molecule has 3 nitrogen and oxygen atoms in total. The van der Waals surface area contributed by atoms with Gasteiger partial charge in [-0.05, 0) is 13.0 Å². The summed E-state index contributed by atoms with van der Waals surface area (Å²) in [5.74, 6) is -2.00. The molecule has 0 spiro atoms. The molecule has 0 aliphatic rings. The van der Waals surface area contributed by atoms with Gasteiger partial charge in [0.15, 0.2) is 0 Å². The Morgan fingerprint density at radius 1 is 1.47 bits per heavy atom. The molecule has 0 aliphatic carbocycles. The summed E-state index contributed by atoms with van der Waals surface area (Å²) in [4.78, 5) is 11.1. The van der Waals surface area contributed by atoms with Crippen LogP contribution in [0, 0.1) is 11.6 Å². The lowest BCUT2D eigenvalue weighted by Crippen LogP contribution is -2.36. The van der Waals surface area contributed by atoms with E-state index in [0.717, 1.165) is 12.1 Å². The molecule has 1 rings (SSSR count). The first kappa shape index (κ1) is 15.8. The fourth-order valence-electron chi connectivity index (χ4n) is 1.42. The third kappa shape index (κ3) is 3.94. The Kier molecular flexibility index (Phi) is 5.51. The minimum atomic E-state index is -1.22. The second kappa shape index (κ2) is 5.93. The molecule has 1 aromatic carbocycles. The summed E-state index contributed by atoms with van der Waals surface area (Å²) in [5.41, 5.74) is 4.67. The van der Waals surface area contributed by atoms with E-state index in [1.165, 1.54) is 20.1 Å². The van der Waals surface area contributed by atoms with Crippen LogP contribution in [0.15, 0.2) is 18.2 Å². The van der Waals surface area contributed by atoms with Gasteiger partial charge in [0.05, 0.1) is 19.1 Å². The van der Waals surface area contributed by atoms with Crippen molar-refractivity contribution in [2.75, 3.05) is 7.11 Å². The minimum Gasteiger partial charge on any atom is -0.469 e. The number of hydrogen-bond donors (Lipinski definition) is 1. The van der Waals surface area contributed by atoms with Gasteiger partial charge in [0, 0.05) is 11.6 Å². The maximum Gasteiger partial charge on any atom is 0.307 e. The topological polar surface area (TPSA) is 52.3 Å². The van der Waals surface area contributed by atoms with Gasteiger partial charge in [0.2, 0.25) is 0 Å². The maximum absolute atomic E-state index is 13.4. The van der Waals surface area contributed by atoms with Crippen LogP contribution in [0.5, 0.6) is 0 Å². The van der Waals surface area contributed by atoms with Crippen molar-refractivity contribution in [1.82, 2.24) is 0 Å². The van der Waals surface area contributed by atoms with Gasteiger partial charge in [-0.3, -0.25) is 4.79 Å². The van der Waals surface area contributed by atoms with E-state index >= 15 is 0 Å². The molecule has 17 heavy (non-hydrogen) atoms. The summed E-state index contributed by atoms with van der Waals surface area (Å²) in [6.07, 6.45) is -0.175. The Hall–Kier alpha value is -1.20. The Bertz CT molecular complexity index is 410. The fourth-order valence-corrected chi connectivity index (χ4v) is 1.42. The van der Waals surface area contributed by atoms with Crippen molar-refractivity contribution < 1.29 is 18.3 Å². The Balaban J connectivity index is 0.00000256. The number of rotatable bonds is 3. The summed E-state index contributed by atoms with van der Waals surface area (Å²) in [5, 5.41) is 0. The predicted molar refractivity (Wildman–Crippen MR) is 61.8 cm³/mol. The summed E-state index contributed by atoms with van der Waals surface area (Å²) in [7, 11) is 1.22. The number of nitrogens with two attached hydrogens (primary N) is 1. The summed E-state index contributed by atoms with van der Waals surface area (Å²) < 4.78 is 30.6. The molecule has 96 valence electrons. The second-order valence-corrected chi connectivity index (χ2v) is 3.79. The van der Waals surface area contributed by atoms with Gasteiger partial charge in [0.25, 0.3) is 0 Å². The molecular weight excluding hydrogens is 252 g/mol. The molecule has 0 bridgehead atoms. The largest absolute Gasteiger partial charge is 0.469 e. The Labute approximate surface area is 104 Å². The van der Waals surface area contributed by atoms with Crippen molar-refractivity contribution in [1.29, 1.82) is 0 Å². The average molecular weight is 266 g/mol. The van der Waals surface area contributed by atoms with Gasteiger partial charge in [-0.25, -0.2) is 8.78 Å². The SMILES string of the molecule is COC(=O)CC(C)(N)c1ccc(F)cc1F.Cl. The molecule has 0 amide bonds. The van der Waals surface area contributed by atoms with Crippen molar-refractivity contribution in [2.45, 2.75) is 18.9 Å². The highest BCUT2D eigenvalue weighted by molar-refractivity contribution is 5.85. The van der Waals surface area contributed by atoms with Gasteiger partial charge in [-0.2, -0.15) is 0 Å². The normalized spacial score (nSPS) is 13.5. The van der Waals surface area contributed by atoms with Crippen LogP contribution in [0.1, 0.15) is 18.9 Å². The van der Waals surface area contributed by atoms with Crippen LogP contribution in [0.3, 0.4) is 0 Å². The molecule has 0 saturated carbocycles. The molecule has 1 atom stereocenters. The highest BCUT2D eigenvalue weighted by Gasteiger charge is 2.28. The smallest absolute Gasteiger partial charge is 0.307 e. The summed E-state index contributed by atoms with van der Waals surface area (Å²) in [6, 6.07) is 3.06. The number of esters is 1. The fraction of sp³-hybridized carbons (Fsp3) is 0.364. The number of benzene rings is 1. The molecule has 0 saturated heterocycles. The van der Waals surface area contributed by atoms with E-state index in [1.807, 2.05) is 0 Å². The standard InChI is InChI=1S/C11H13F2NO2.ClH/c1-11(14,6-10(15)16-2)8-4-3-7(12)5-9(8)13;/h3-5H,6,14H2,1-2H3;1H. The number of hydrogen-bond acceptors (Lipinski definition) is 3. The number of ether oxygens (including phenoxy) is 1. The van der Waals surface area contributed by atoms with E-state index in [0.29, 0.717) is 0 Å². The molecule has 0 fully saturated rings. The quantitative estimate of drug-likeness (QED) is 0.852. The molecular formula is C11H14ClF2NO2. The van der Waals surface area contributed by atoms with Gasteiger partial charge in [-0.15, -0.1) is 12.4 Å². The zero-order chi connectivity index (χ0) is 12.3. The van der Waals surface area contributed by atoms with Crippen molar-refractivity contribution in [2.24, 2.45) is 5.73 Å². The summed E-state index contributed by atoms with van der Waals surface area (Å²) >= 11 is 0. The molecule has 1 aromatic rings. The van der Waals surface area contributed by atoms with Crippen LogP contribution < -0.4 is 5.73 Å². The van der Waals surface area contributed by atoms with Crippen LogP contribution in [0.4, 0.5) is 8.78 Å². The Morgan fingerprint density at radius 2 is 2.06 bits per heavy atom. The van der Waals surface area contributed by atoms with Crippen LogP contribution in [0.25, 0.3) is 0 Å². The van der Waals surface area contributed by atoms with Crippen molar-refractivity contribution in [3.05, 3.63) is 35.4 Å². The van der Waals surface area contributed by atoms with Crippen LogP contribution in [0.2, 0.25) is 0 Å². The first-order valence-corrected chi connectivity index (χ1v) is 4.68. The van der Waals surface area contributed by atoms with Crippen LogP contribution >= 0.6 is 12.4 Å². The molecule has 1 unspecified atom stereocenters. The first-order valence-electron chi connectivity index (χ1n) is 4.68. The number of methoxy groups -OCH3 is 1. The third-order valence-corrected chi connectivity index (χ3v) is 2.29. The van der Waals surface area contributed by atoms with Crippen molar-refractivity contribution in [3.8, 4) is 0 Å². The van der Waals surface area contributed by atoms with Gasteiger partial charge in [-0.1, -0.05) is 6.07 Å². The lowest BCUT2D eigenvalue weighted by atomic mass is 9.89. The van der Waals surface area contributed by atoms with Crippen molar-refractivity contribution >= 4 is 18.4 Å². The van der Waals surface area contributed by atoms with Gasteiger partial charge in [0.1, 0.15) is 11.6 Å². The highest BCUT2D eigenvalue weighted by atomic mass is 35.5. The average Bonchev–Trinajstić information content (AvgIpc) is 2.16. The molecule has 0 heterocycles. The van der Waals surface area contributed by atoms with Crippen LogP contribution in [-0.2, 0) is 15.1 Å². The lowest BCUT2D eigenvalue weighted by Gasteiger charge is -2.24. The van der Waals surface area contributed by atoms with E-state index in [4.69, 9.17) is 5.73 Å². The van der Waals surface area contributed by atoms with E-state index < -0.39 is 23.1 Å². The minimum absolute atomic E-state index is 0. The molecule has 0 aliphatic heterocycles. The Morgan fingerprint density at radius 3 is 2.53 bits per heavy atom. The molecule has 2 N–H and O–H groups in total. The van der Waals surface area contributed by atoms with Crippen molar-refractivity contribution in [3.63, 3.8) is 0 Å². The zero-order valence-corrected chi connectivity index (χ0v) is 10.3. The maximum atomic E-state index is 13.4. The number of carbonyl (C=O) groups excluding carboxylic acids is 1. The van der Waals surface area contributed by atoms with Gasteiger partial charge >= 0.3 is 5.97 Å². The van der Waals surface area contributed by atoms with E-state index in [2.05, 4.69) is 4.74 Å². The van der Waals surface area contributed by atoms with Gasteiger partial charge < -0.3 is 10.5 Å². The third-order valence-electron chi connectivity index (χ3n) is 2.29. The number of halogens is 3. The number of carbonyl (C=O) groups is 1. The van der Waals surface area contributed by atoms with Crippen LogP contribution in [-0.4, -0.2) is 13.1 Å².